The highest BCUT2D eigenvalue weighted by Crippen LogP contribution is 2.17. The van der Waals surface area contributed by atoms with Gasteiger partial charge in [-0.1, -0.05) is 0 Å². The lowest BCUT2D eigenvalue weighted by Crippen LogP contribution is -2.23. The van der Waals surface area contributed by atoms with Crippen LogP contribution in [0.25, 0.3) is 0 Å². The van der Waals surface area contributed by atoms with Gasteiger partial charge in [-0.3, -0.25) is 4.79 Å². The van der Waals surface area contributed by atoms with E-state index in [0.717, 1.165) is 0 Å². The Kier molecular flexibility index (Phi) is 3.70. The molecule has 0 unspecified atom stereocenters. The fraction of sp³-hybridized carbons (Fsp3) is 0.333. The number of aromatic amines is 1. The topological polar surface area (TPSA) is 59.2 Å². The molecule has 88 valence electrons. The third-order valence-electron chi connectivity index (χ3n) is 1.78. The zero-order valence-corrected chi connectivity index (χ0v) is 8.22. The molecule has 0 amide bonds. The first-order chi connectivity index (χ1) is 7.49. The Labute approximate surface area is 88.0 Å². The van der Waals surface area contributed by atoms with Crippen molar-refractivity contribution in [3.8, 4) is 0 Å². The molecule has 0 saturated heterocycles. The minimum Gasteiger partial charge on any atom is -0.462 e. The Balaban J connectivity index is 3.29. The number of halogens is 3. The minimum atomic E-state index is -3.29. The van der Waals surface area contributed by atoms with E-state index in [1.165, 1.54) is 6.92 Å². The van der Waals surface area contributed by atoms with Crippen molar-refractivity contribution in [3.05, 3.63) is 33.5 Å². The first-order valence-electron chi connectivity index (χ1n) is 4.35. The van der Waals surface area contributed by atoms with Crippen molar-refractivity contribution in [2.24, 2.45) is 0 Å². The van der Waals surface area contributed by atoms with Crippen LogP contribution in [0.1, 0.15) is 29.3 Å². The summed E-state index contributed by atoms with van der Waals surface area (Å²) in [6, 6.07) is 0. The molecule has 1 heterocycles. The van der Waals surface area contributed by atoms with E-state index in [-0.39, 0.29) is 6.61 Å². The minimum absolute atomic E-state index is 0.0142. The van der Waals surface area contributed by atoms with Crippen LogP contribution in [0, 0.1) is 5.95 Å². The molecule has 16 heavy (non-hydrogen) atoms. The molecule has 1 aromatic heterocycles. The first kappa shape index (κ1) is 12.3. The largest absolute Gasteiger partial charge is 0.462 e. The SMILES string of the molecule is CCOC(=O)c1c[nH]c(F)c(C(F)F)c1=O. The van der Waals surface area contributed by atoms with E-state index in [0.29, 0.717) is 6.20 Å². The number of H-pyrrole nitrogens is 1. The van der Waals surface area contributed by atoms with Gasteiger partial charge in [0.2, 0.25) is 11.4 Å². The molecular formula is C9H8F3NO3. The number of esters is 1. The van der Waals surface area contributed by atoms with Gasteiger partial charge in [0.05, 0.1) is 6.61 Å². The summed E-state index contributed by atoms with van der Waals surface area (Å²) in [6.45, 7) is 1.48. The average molecular weight is 235 g/mol. The van der Waals surface area contributed by atoms with E-state index in [9.17, 15) is 22.8 Å². The molecule has 1 aromatic rings. The van der Waals surface area contributed by atoms with Crippen molar-refractivity contribution < 1.29 is 22.7 Å². The molecule has 7 heteroatoms. The number of carbonyl (C=O) groups is 1. The normalized spacial score (nSPS) is 10.6. The number of hydrogen-bond donors (Lipinski definition) is 1. The van der Waals surface area contributed by atoms with Crippen molar-refractivity contribution in [2.45, 2.75) is 13.3 Å². The molecule has 0 spiro atoms. The number of hydrogen-bond acceptors (Lipinski definition) is 3. The number of alkyl halides is 2. The van der Waals surface area contributed by atoms with Crippen LogP contribution < -0.4 is 5.43 Å². The molecule has 0 fully saturated rings. The van der Waals surface area contributed by atoms with Gasteiger partial charge in [0.15, 0.2) is 0 Å². The summed E-state index contributed by atoms with van der Waals surface area (Å²) in [5.41, 5.74) is -3.35. The van der Waals surface area contributed by atoms with Crippen LogP contribution in [0.15, 0.2) is 11.0 Å². The standard InChI is InChI=1S/C9H8F3NO3/c1-2-16-9(15)4-3-13-8(12)5(6(4)14)7(10)11/h3,7H,2H2,1H3,(H,13,14). The second-order valence-electron chi connectivity index (χ2n) is 2.78. The van der Waals surface area contributed by atoms with Crippen LogP contribution in [-0.2, 0) is 4.74 Å². The predicted molar refractivity (Wildman–Crippen MR) is 47.9 cm³/mol. The summed E-state index contributed by atoms with van der Waals surface area (Å²) in [6.07, 6.45) is -2.58. The van der Waals surface area contributed by atoms with E-state index in [2.05, 4.69) is 4.74 Å². The number of pyridine rings is 1. The molecule has 0 radical (unpaired) electrons. The molecule has 0 aliphatic carbocycles. The molecule has 4 nitrogen and oxygen atoms in total. The Morgan fingerprint density at radius 2 is 2.19 bits per heavy atom. The zero-order valence-electron chi connectivity index (χ0n) is 8.22. The van der Waals surface area contributed by atoms with Gasteiger partial charge in [-0.05, 0) is 6.92 Å². The van der Waals surface area contributed by atoms with Gasteiger partial charge in [0.25, 0.3) is 6.43 Å². The Morgan fingerprint density at radius 3 is 2.69 bits per heavy atom. The van der Waals surface area contributed by atoms with Crippen molar-refractivity contribution in [2.75, 3.05) is 6.61 Å². The zero-order chi connectivity index (χ0) is 12.3. The lowest BCUT2D eigenvalue weighted by molar-refractivity contribution is 0.0523. The van der Waals surface area contributed by atoms with E-state index in [4.69, 9.17) is 0 Å². The van der Waals surface area contributed by atoms with Crippen LogP contribution in [0.4, 0.5) is 13.2 Å². The molecule has 1 N–H and O–H groups in total. The Bertz CT molecular complexity index is 456. The lowest BCUT2D eigenvalue weighted by atomic mass is 10.2. The number of aromatic nitrogens is 1. The highest BCUT2D eigenvalue weighted by molar-refractivity contribution is 5.89. The third kappa shape index (κ3) is 2.23. The van der Waals surface area contributed by atoms with Crippen LogP contribution in [-0.4, -0.2) is 17.6 Å². The van der Waals surface area contributed by atoms with Crippen molar-refractivity contribution in [1.29, 1.82) is 0 Å². The highest BCUT2D eigenvalue weighted by atomic mass is 19.3. The maximum Gasteiger partial charge on any atom is 0.343 e. The van der Waals surface area contributed by atoms with E-state index in [1.807, 2.05) is 0 Å². The Morgan fingerprint density at radius 1 is 1.56 bits per heavy atom. The maximum atomic E-state index is 12.8. The summed E-state index contributed by atoms with van der Waals surface area (Å²) < 4.78 is 41.9. The third-order valence-corrected chi connectivity index (χ3v) is 1.78. The summed E-state index contributed by atoms with van der Waals surface area (Å²) >= 11 is 0. The van der Waals surface area contributed by atoms with Crippen LogP contribution in [0.2, 0.25) is 0 Å². The van der Waals surface area contributed by atoms with Crippen molar-refractivity contribution in [1.82, 2.24) is 4.98 Å². The van der Waals surface area contributed by atoms with E-state index in [1.54, 1.807) is 4.98 Å². The molecule has 1 rings (SSSR count). The molecule has 0 aliphatic heterocycles. The van der Waals surface area contributed by atoms with Gasteiger partial charge in [0.1, 0.15) is 11.1 Å². The van der Waals surface area contributed by atoms with Crippen molar-refractivity contribution in [3.63, 3.8) is 0 Å². The lowest BCUT2D eigenvalue weighted by Gasteiger charge is -2.04. The number of carbonyl (C=O) groups excluding carboxylic acids is 1. The van der Waals surface area contributed by atoms with Gasteiger partial charge in [-0.25, -0.2) is 13.6 Å². The monoisotopic (exact) mass is 235 g/mol. The Hall–Kier alpha value is -1.79. The number of ether oxygens (including phenoxy) is 1. The first-order valence-corrected chi connectivity index (χ1v) is 4.35. The van der Waals surface area contributed by atoms with E-state index < -0.39 is 34.9 Å². The van der Waals surface area contributed by atoms with Crippen LogP contribution in [0.3, 0.4) is 0 Å². The number of nitrogens with one attached hydrogen (secondary N) is 1. The highest BCUT2D eigenvalue weighted by Gasteiger charge is 2.23. The second kappa shape index (κ2) is 4.82. The second-order valence-corrected chi connectivity index (χ2v) is 2.78. The van der Waals surface area contributed by atoms with Gasteiger partial charge in [0, 0.05) is 6.20 Å². The molecular weight excluding hydrogens is 227 g/mol. The molecule has 0 aliphatic rings. The van der Waals surface area contributed by atoms with Gasteiger partial charge < -0.3 is 9.72 Å². The molecule has 0 saturated carbocycles. The maximum absolute atomic E-state index is 12.8. The van der Waals surface area contributed by atoms with Gasteiger partial charge >= 0.3 is 5.97 Å². The quantitative estimate of drug-likeness (QED) is 0.639. The summed E-state index contributed by atoms with van der Waals surface area (Å²) in [4.78, 5) is 24.2. The summed E-state index contributed by atoms with van der Waals surface area (Å²) in [5.74, 6) is -2.52. The van der Waals surface area contributed by atoms with Crippen LogP contribution in [0.5, 0.6) is 0 Å². The predicted octanol–water partition coefficient (Wildman–Crippen LogP) is 1.63. The molecule has 0 bridgehead atoms. The number of rotatable bonds is 3. The van der Waals surface area contributed by atoms with Crippen LogP contribution >= 0.6 is 0 Å². The van der Waals surface area contributed by atoms with Gasteiger partial charge in [-0.2, -0.15) is 4.39 Å². The van der Waals surface area contributed by atoms with E-state index >= 15 is 0 Å². The summed E-state index contributed by atoms with van der Waals surface area (Å²) in [5, 5.41) is 0. The molecule has 0 aromatic carbocycles. The average Bonchev–Trinajstić information content (AvgIpc) is 2.17. The smallest absolute Gasteiger partial charge is 0.343 e. The molecule has 0 atom stereocenters. The van der Waals surface area contributed by atoms with Crippen molar-refractivity contribution >= 4 is 5.97 Å². The summed E-state index contributed by atoms with van der Waals surface area (Å²) in [7, 11) is 0. The fourth-order valence-electron chi connectivity index (χ4n) is 1.08. The fourth-order valence-corrected chi connectivity index (χ4v) is 1.08. The van der Waals surface area contributed by atoms with Gasteiger partial charge in [-0.15, -0.1) is 0 Å².